The Bertz CT molecular complexity index is 2000. The molecule has 6 aromatic rings. The second-order valence-electron chi connectivity index (χ2n) is 9.66. The molecular formula is C32H26N8O2. The molecule has 0 spiro atoms. The van der Waals surface area contributed by atoms with Crippen LogP contribution in [-0.2, 0) is 0 Å². The van der Waals surface area contributed by atoms with Crippen LogP contribution in [0.15, 0.2) is 90.2 Å². The van der Waals surface area contributed by atoms with Crippen LogP contribution in [0.4, 0.5) is 5.82 Å². The number of anilines is 1. The van der Waals surface area contributed by atoms with Gasteiger partial charge in [-0.15, -0.1) is 0 Å². The first-order chi connectivity index (χ1) is 20.6. The van der Waals surface area contributed by atoms with E-state index in [-0.39, 0.29) is 17.6 Å². The molecule has 0 bridgehead atoms. The number of hydrogen-bond donors (Lipinski definition) is 1. The smallest absolute Gasteiger partial charge is 0.316 e. The summed E-state index contributed by atoms with van der Waals surface area (Å²) in [4.78, 5) is 36.9. The van der Waals surface area contributed by atoms with Gasteiger partial charge in [-0.05, 0) is 48.4 Å². The number of hydrogen-bond acceptors (Lipinski definition) is 9. The molecule has 3 heterocycles. The summed E-state index contributed by atoms with van der Waals surface area (Å²) in [7, 11) is 1.50. The molecule has 0 saturated heterocycles. The molecule has 10 nitrogen and oxygen atoms in total. The van der Waals surface area contributed by atoms with E-state index in [0.717, 1.165) is 6.42 Å². The lowest BCUT2D eigenvalue weighted by molar-refractivity contribution is 0.380. The molecule has 3 aromatic heterocycles. The Morgan fingerprint density at radius 3 is 2.52 bits per heavy atom. The maximum absolute atomic E-state index is 14.5. The van der Waals surface area contributed by atoms with Crippen molar-refractivity contribution in [1.82, 2.24) is 29.5 Å². The van der Waals surface area contributed by atoms with Gasteiger partial charge in [0.2, 0.25) is 0 Å². The fourth-order valence-corrected chi connectivity index (χ4v) is 5.07. The summed E-state index contributed by atoms with van der Waals surface area (Å²) in [6, 6.07) is 22.4. The zero-order valence-corrected chi connectivity index (χ0v) is 23.0. The summed E-state index contributed by atoms with van der Waals surface area (Å²) in [5, 5.41) is 14.2. The molecule has 6 rings (SSSR count). The molecular weight excluding hydrogens is 528 g/mol. The Balaban J connectivity index is 1.58. The SMILES string of the molecule is CCC[C@H](Nc1ncnc2ccc(C#N)cc12)c1nc2cccc(-c3cnc(OC)nc3)c2c(=O)n1-c1ccccc1. The molecule has 42 heavy (non-hydrogen) atoms. The van der Waals surface area contributed by atoms with Crippen LogP contribution in [0.25, 0.3) is 38.6 Å². The summed E-state index contributed by atoms with van der Waals surface area (Å²) in [5.74, 6) is 1.11. The van der Waals surface area contributed by atoms with Gasteiger partial charge in [0.1, 0.15) is 18.0 Å². The predicted molar refractivity (Wildman–Crippen MR) is 160 cm³/mol. The molecule has 0 radical (unpaired) electrons. The highest BCUT2D eigenvalue weighted by molar-refractivity contribution is 5.94. The largest absolute Gasteiger partial charge is 0.467 e. The van der Waals surface area contributed by atoms with E-state index in [2.05, 4.69) is 38.2 Å². The van der Waals surface area contributed by atoms with Crippen molar-refractivity contribution >= 4 is 27.6 Å². The average molecular weight is 555 g/mol. The van der Waals surface area contributed by atoms with Crippen LogP contribution in [0.5, 0.6) is 6.01 Å². The second kappa shape index (κ2) is 11.4. The number of ether oxygens (including phenoxy) is 1. The maximum Gasteiger partial charge on any atom is 0.316 e. The highest BCUT2D eigenvalue weighted by atomic mass is 16.5. The van der Waals surface area contributed by atoms with Gasteiger partial charge in [-0.2, -0.15) is 5.26 Å². The molecule has 0 fully saturated rings. The molecule has 0 aliphatic rings. The number of methoxy groups -OCH3 is 1. The number of fused-ring (bicyclic) bond motifs is 2. The Hall–Kier alpha value is -5.69. The second-order valence-corrected chi connectivity index (χ2v) is 9.66. The maximum atomic E-state index is 14.5. The topological polar surface area (TPSA) is 132 Å². The highest BCUT2D eigenvalue weighted by Gasteiger charge is 2.23. The molecule has 1 N–H and O–H groups in total. The van der Waals surface area contributed by atoms with Gasteiger partial charge in [-0.25, -0.2) is 24.9 Å². The number of nitriles is 1. The van der Waals surface area contributed by atoms with E-state index < -0.39 is 0 Å². The summed E-state index contributed by atoms with van der Waals surface area (Å²) >= 11 is 0. The number of aromatic nitrogens is 6. The first-order valence-corrected chi connectivity index (χ1v) is 13.5. The number of nitrogens with zero attached hydrogens (tertiary/aromatic N) is 7. The minimum Gasteiger partial charge on any atom is -0.467 e. The van der Waals surface area contributed by atoms with Crippen LogP contribution < -0.4 is 15.6 Å². The Kier molecular flexibility index (Phi) is 7.22. The van der Waals surface area contributed by atoms with Gasteiger partial charge >= 0.3 is 6.01 Å². The van der Waals surface area contributed by atoms with E-state index in [1.54, 1.807) is 35.2 Å². The van der Waals surface area contributed by atoms with Crippen molar-refractivity contribution in [3.05, 3.63) is 107 Å². The summed E-state index contributed by atoms with van der Waals surface area (Å²) in [6.45, 7) is 2.08. The van der Waals surface area contributed by atoms with Gasteiger partial charge in [0.05, 0.1) is 46.9 Å². The number of rotatable bonds is 8. The molecule has 0 amide bonds. The fourth-order valence-electron chi connectivity index (χ4n) is 5.07. The molecule has 1 atom stereocenters. The van der Waals surface area contributed by atoms with Crippen molar-refractivity contribution in [2.24, 2.45) is 0 Å². The highest BCUT2D eigenvalue weighted by Crippen LogP contribution is 2.31. The van der Waals surface area contributed by atoms with Crippen molar-refractivity contribution in [2.75, 3.05) is 12.4 Å². The van der Waals surface area contributed by atoms with Gasteiger partial charge in [-0.1, -0.05) is 43.7 Å². The van der Waals surface area contributed by atoms with E-state index in [9.17, 15) is 10.1 Å². The molecule has 0 aliphatic carbocycles. The third-order valence-electron chi connectivity index (χ3n) is 7.02. The first-order valence-electron chi connectivity index (χ1n) is 13.5. The molecule has 0 aliphatic heterocycles. The lowest BCUT2D eigenvalue weighted by atomic mass is 10.0. The average Bonchev–Trinajstić information content (AvgIpc) is 3.04. The summed E-state index contributed by atoms with van der Waals surface area (Å²) < 4.78 is 6.77. The third kappa shape index (κ3) is 4.88. The van der Waals surface area contributed by atoms with Gasteiger partial charge < -0.3 is 10.1 Å². The van der Waals surface area contributed by atoms with E-state index in [1.807, 2.05) is 48.5 Å². The normalized spacial score (nSPS) is 11.7. The zero-order valence-electron chi connectivity index (χ0n) is 23.0. The molecule has 0 saturated carbocycles. The number of para-hydroxylation sites is 1. The fraction of sp³-hybridized carbons (Fsp3) is 0.156. The molecule has 10 heteroatoms. The zero-order chi connectivity index (χ0) is 29.1. The van der Waals surface area contributed by atoms with Crippen molar-refractivity contribution in [3.8, 4) is 28.9 Å². The van der Waals surface area contributed by atoms with Crippen LogP contribution >= 0.6 is 0 Å². The van der Waals surface area contributed by atoms with Crippen LogP contribution in [0, 0.1) is 11.3 Å². The van der Waals surface area contributed by atoms with Crippen LogP contribution in [0.3, 0.4) is 0 Å². The quantitative estimate of drug-likeness (QED) is 0.255. The van der Waals surface area contributed by atoms with E-state index in [1.165, 1.54) is 13.4 Å². The third-order valence-corrected chi connectivity index (χ3v) is 7.02. The van der Waals surface area contributed by atoms with Gasteiger partial charge in [0, 0.05) is 23.3 Å². The monoisotopic (exact) mass is 554 g/mol. The lowest BCUT2D eigenvalue weighted by Gasteiger charge is -2.24. The lowest BCUT2D eigenvalue weighted by Crippen LogP contribution is -2.29. The van der Waals surface area contributed by atoms with Gasteiger partial charge in [0.15, 0.2) is 0 Å². The van der Waals surface area contributed by atoms with Crippen molar-refractivity contribution in [1.29, 1.82) is 5.26 Å². The number of nitrogens with one attached hydrogen (secondary N) is 1. The Morgan fingerprint density at radius 2 is 1.79 bits per heavy atom. The van der Waals surface area contributed by atoms with Crippen molar-refractivity contribution < 1.29 is 4.74 Å². The standard InChI is InChI=1S/C32H26N8O2/c1-3-8-27(38-29-24-15-20(16-33)13-14-25(24)36-19-37-29)30-39-26-12-7-11-23(21-17-34-32(42-2)35-18-21)28(26)31(41)40(30)22-9-5-4-6-10-22/h4-7,9-15,17-19,27H,3,8H2,1-2H3,(H,36,37,38)/t27-/m0/s1. The van der Waals surface area contributed by atoms with Gasteiger partial charge in [0.25, 0.3) is 5.56 Å². The van der Waals surface area contributed by atoms with E-state index >= 15 is 0 Å². The van der Waals surface area contributed by atoms with Crippen LogP contribution in [-0.4, -0.2) is 36.6 Å². The first kappa shape index (κ1) is 26.5. The molecule has 0 unspecified atom stereocenters. The van der Waals surface area contributed by atoms with E-state index in [4.69, 9.17) is 9.72 Å². The molecule has 3 aromatic carbocycles. The minimum atomic E-state index is -0.385. The van der Waals surface area contributed by atoms with Crippen molar-refractivity contribution in [2.45, 2.75) is 25.8 Å². The van der Waals surface area contributed by atoms with E-state index in [0.29, 0.717) is 62.2 Å². The van der Waals surface area contributed by atoms with Crippen molar-refractivity contribution in [3.63, 3.8) is 0 Å². The van der Waals surface area contributed by atoms with Gasteiger partial charge in [-0.3, -0.25) is 9.36 Å². The molecule has 206 valence electrons. The van der Waals surface area contributed by atoms with Crippen LogP contribution in [0.2, 0.25) is 0 Å². The Labute approximate surface area is 241 Å². The summed E-state index contributed by atoms with van der Waals surface area (Å²) in [6.07, 6.45) is 6.24. The van der Waals surface area contributed by atoms with Crippen LogP contribution in [0.1, 0.15) is 37.2 Å². The Morgan fingerprint density at radius 1 is 0.976 bits per heavy atom. The minimum absolute atomic E-state index is 0.213. The summed E-state index contributed by atoms with van der Waals surface area (Å²) in [5.41, 5.74) is 3.60. The number of benzene rings is 3. The predicted octanol–water partition coefficient (Wildman–Crippen LogP) is 5.62.